The van der Waals surface area contributed by atoms with E-state index in [-0.39, 0.29) is 0 Å². The lowest BCUT2D eigenvalue weighted by Gasteiger charge is -2.22. The molecule has 0 aromatic heterocycles. The minimum Gasteiger partial charge on any atom is -0.465 e. The molecule has 0 heterocycles. The smallest absolute Gasteiger partial charge is 0.340 e. The van der Waals surface area contributed by atoms with Crippen LogP contribution >= 0.6 is 11.6 Å². The van der Waals surface area contributed by atoms with Crippen molar-refractivity contribution in [2.75, 3.05) is 31.3 Å². The fraction of sp³-hybridized carbons (Fsp3) is 0.333. The van der Waals surface area contributed by atoms with E-state index >= 15 is 0 Å². The van der Waals surface area contributed by atoms with Gasteiger partial charge in [0.05, 0.1) is 35.9 Å². The summed E-state index contributed by atoms with van der Waals surface area (Å²) in [5, 5.41) is 8.94. The molecular weight excluding hydrogens is 254 g/mol. The molecule has 0 unspecified atom stereocenters. The third-order valence-electron chi connectivity index (χ3n) is 2.43. The lowest BCUT2D eigenvalue weighted by molar-refractivity contribution is 0.0601. The van der Waals surface area contributed by atoms with E-state index in [9.17, 15) is 4.79 Å². The highest BCUT2D eigenvalue weighted by molar-refractivity contribution is 6.34. The minimum absolute atomic E-state index is 0.294. The number of nitrogen functional groups attached to an aromatic ring is 1. The maximum absolute atomic E-state index is 11.7. The molecule has 5 nitrogen and oxygen atoms in total. The van der Waals surface area contributed by atoms with Crippen LogP contribution in [0.5, 0.6) is 0 Å². The van der Waals surface area contributed by atoms with Crippen LogP contribution in [0.1, 0.15) is 16.8 Å². The van der Waals surface area contributed by atoms with E-state index in [0.717, 1.165) is 0 Å². The lowest BCUT2D eigenvalue weighted by atomic mass is 10.1. The molecule has 0 amide bonds. The van der Waals surface area contributed by atoms with Gasteiger partial charge in [0, 0.05) is 19.3 Å². The molecule has 96 valence electrons. The Morgan fingerprint density at radius 1 is 1.61 bits per heavy atom. The van der Waals surface area contributed by atoms with Crippen LogP contribution in [0.4, 0.5) is 11.4 Å². The first-order valence-corrected chi connectivity index (χ1v) is 5.64. The number of nitrogens with zero attached hydrogens (tertiary/aromatic N) is 2. The lowest BCUT2D eigenvalue weighted by Crippen LogP contribution is -2.22. The molecule has 1 aromatic carbocycles. The van der Waals surface area contributed by atoms with Gasteiger partial charge in [-0.2, -0.15) is 5.26 Å². The highest BCUT2D eigenvalue weighted by Crippen LogP contribution is 2.32. The largest absolute Gasteiger partial charge is 0.465 e. The molecule has 1 rings (SSSR count). The van der Waals surface area contributed by atoms with Gasteiger partial charge in [-0.25, -0.2) is 4.79 Å². The second-order valence-corrected chi connectivity index (χ2v) is 4.13. The summed E-state index contributed by atoms with van der Waals surface area (Å²) in [5.41, 5.74) is 6.86. The van der Waals surface area contributed by atoms with Crippen molar-refractivity contribution >= 4 is 28.9 Å². The second-order valence-electron chi connectivity index (χ2n) is 3.72. The summed E-state index contributed by atoms with van der Waals surface area (Å²) in [6.45, 7) is 0.462. The Balaban J connectivity index is 3.23. The predicted molar refractivity (Wildman–Crippen MR) is 70.7 cm³/mol. The highest BCUT2D eigenvalue weighted by Gasteiger charge is 2.19. The highest BCUT2D eigenvalue weighted by atomic mass is 35.5. The fourth-order valence-corrected chi connectivity index (χ4v) is 1.98. The number of ether oxygens (including phenoxy) is 1. The summed E-state index contributed by atoms with van der Waals surface area (Å²) in [6.07, 6.45) is 0.331. The Morgan fingerprint density at radius 3 is 2.83 bits per heavy atom. The van der Waals surface area contributed by atoms with Crippen LogP contribution in [0.15, 0.2) is 12.1 Å². The van der Waals surface area contributed by atoms with Gasteiger partial charge in [0.2, 0.25) is 0 Å². The first-order valence-electron chi connectivity index (χ1n) is 5.26. The van der Waals surface area contributed by atoms with Crippen molar-refractivity contribution in [2.45, 2.75) is 6.42 Å². The van der Waals surface area contributed by atoms with E-state index < -0.39 is 5.97 Å². The third kappa shape index (κ3) is 3.05. The van der Waals surface area contributed by atoms with Crippen molar-refractivity contribution in [1.29, 1.82) is 5.26 Å². The maximum atomic E-state index is 11.7. The number of halogens is 1. The quantitative estimate of drug-likeness (QED) is 0.667. The summed E-state index contributed by atoms with van der Waals surface area (Å²) < 4.78 is 4.70. The van der Waals surface area contributed by atoms with Crippen LogP contribution in [-0.2, 0) is 4.74 Å². The van der Waals surface area contributed by atoms with Gasteiger partial charge in [-0.15, -0.1) is 0 Å². The molecule has 2 N–H and O–H groups in total. The van der Waals surface area contributed by atoms with E-state index in [1.165, 1.54) is 13.2 Å². The van der Waals surface area contributed by atoms with Gasteiger partial charge < -0.3 is 15.4 Å². The fourth-order valence-electron chi connectivity index (χ4n) is 1.60. The number of nitriles is 1. The number of carbonyl (C=O) groups excluding carboxylic acids is 1. The summed E-state index contributed by atoms with van der Waals surface area (Å²) in [6, 6.07) is 5.11. The van der Waals surface area contributed by atoms with Crippen molar-refractivity contribution in [3.63, 3.8) is 0 Å². The number of carbonyl (C=O) groups is 1. The van der Waals surface area contributed by atoms with Crippen LogP contribution in [0, 0.1) is 11.3 Å². The van der Waals surface area contributed by atoms with E-state index in [2.05, 4.69) is 0 Å². The van der Waals surface area contributed by atoms with Crippen LogP contribution in [0.3, 0.4) is 0 Å². The van der Waals surface area contributed by atoms with E-state index in [4.69, 9.17) is 27.3 Å². The summed E-state index contributed by atoms with van der Waals surface area (Å²) >= 11 is 6.10. The van der Waals surface area contributed by atoms with Crippen LogP contribution < -0.4 is 10.6 Å². The van der Waals surface area contributed by atoms with Gasteiger partial charge in [0.25, 0.3) is 0 Å². The van der Waals surface area contributed by atoms with Crippen LogP contribution in [-0.4, -0.2) is 26.7 Å². The number of methoxy groups -OCH3 is 1. The normalized spacial score (nSPS) is 9.67. The molecule has 18 heavy (non-hydrogen) atoms. The molecule has 6 heteroatoms. The van der Waals surface area contributed by atoms with Gasteiger partial charge in [-0.1, -0.05) is 11.6 Å². The maximum Gasteiger partial charge on any atom is 0.340 e. The molecule has 0 aliphatic heterocycles. The number of esters is 1. The average Bonchev–Trinajstić information content (AvgIpc) is 2.33. The number of anilines is 2. The second kappa shape index (κ2) is 6.12. The zero-order valence-corrected chi connectivity index (χ0v) is 11.0. The van der Waals surface area contributed by atoms with Crippen molar-refractivity contribution in [2.24, 2.45) is 0 Å². The molecule has 0 atom stereocenters. The molecular formula is C12H14ClN3O2. The molecule has 0 fully saturated rings. The number of nitrogens with two attached hydrogens (primary N) is 1. The topological polar surface area (TPSA) is 79.3 Å². The minimum atomic E-state index is -0.511. The predicted octanol–water partition coefficient (Wildman–Crippen LogP) is 2.06. The van der Waals surface area contributed by atoms with E-state index in [1.807, 2.05) is 6.07 Å². The Bertz CT molecular complexity index is 497. The molecule has 0 aliphatic carbocycles. The molecule has 0 saturated heterocycles. The Morgan fingerprint density at radius 2 is 2.28 bits per heavy atom. The number of hydrogen-bond acceptors (Lipinski definition) is 5. The van der Waals surface area contributed by atoms with E-state index in [1.54, 1.807) is 18.0 Å². The number of hydrogen-bond donors (Lipinski definition) is 1. The molecule has 0 spiro atoms. The SMILES string of the molecule is COC(=O)c1cc(N)cc(Cl)c1N(C)CCC#N. The molecule has 0 radical (unpaired) electrons. The summed E-state index contributed by atoms with van der Waals surface area (Å²) in [4.78, 5) is 13.4. The standard InChI is InChI=1S/C12H14ClN3O2/c1-16(5-3-4-14)11-9(12(17)18-2)6-8(15)7-10(11)13/h6-7H,3,5,15H2,1-2H3. The van der Waals surface area contributed by atoms with Crippen LogP contribution in [0.25, 0.3) is 0 Å². The van der Waals surface area contributed by atoms with Gasteiger partial charge in [-0.05, 0) is 12.1 Å². The van der Waals surface area contributed by atoms with Gasteiger partial charge in [0.1, 0.15) is 0 Å². The molecule has 1 aromatic rings. The van der Waals surface area contributed by atoms with Crippen molar-refractivity contribution < 1.29 is 9.53 Å². The van der Waals surface area contributed by atoms with E-state index in [0.29, 0.717) is 34.9 Å². The monoisotopic (exact) mass is 267 g/mol. The Hall–Kier alpha value is -1.93. The first kappa shape index (κ1) is 14.1. The number of benzene rings is 1. The first-order chi connectivity index (χ1) is 8.51. The number of rotatable bonds is 4. The van der Waals surface area contributed by atoms with Crippen LogP contribution in [0.2, 0.25) is 5.02 Å². The summed E-state index contributed by atoms with van der Waals surface area (Å²) in [7, 11) is 3.04. The van der Waals surface area contributed by atoms with Gasteiger partial charge in [0.15, 0.2) is 0 Å². The molecule has 0 bridgehead atoms. The molecule has 0 aliphatic rings. The Kier molecular flexibility index (Phi) is 4.81. The molecule has 0 saturated carbocycles. The van der Waals surface area contributed by atoms with Gasteiger partial charge in [-0.3, -0.25) is 0 Å². The third-order valence-corrected chi connectivity index (χ3v) is 2.72. The summed E-state index contributed by atoms with van der Waals surface area (Å²) in [5.74, 6) is -0.511. The van der Waals surface area contributed by atoms with Gasteiger partial charge >= 0.3 is 5.97 Å². The average molecular weight is 268 g/mol. The van der Waals surface area contributed by atoms with Crippen molar-refractivity contribution in [3.05, 3.63) is 22.7 Å². The van der Waals surface area contributed by atoms with Crippen molar-refractivity contribution in [1.82, 2.24) is 0 Å². The van der Waals surface area contributed by atoms with Crippen molar-refractivity contribution in [3.8, 4) is 6.07 Å². The Labute approximate surface area is 111 Å². The zero-order valence-electron chi connectivity index (χ0n) is 10.2. The zero-order chi connectivity index (χ0) is 13.7.